The van der Waals surface area contributed by atoms with Gasteiger partial charge in [0.1, 0.15) is 0 Å². The van der Waals surface area contributed by atoms with E-state index in [1.807, 2.05) is 30.3 Å². The van der Waals surface area contributed by atoms with Gasteiger partial charge in [0.2, 0.25) is 0 Å². The lowest BCUT2D eigenvalue weighted by Gasteiger charge is -2.15. The Hall–Kier alpha value is -2.17. The largest absolute Gasteiger partial charge is 0.380 e. The van der Waals surface area contributed by atoms with Crippen molar-refractivity contribution in [2.45, 2.75) is 32.4 Å². The Morgan fingerprint density at radius 2 is 1.71 bits per heavy atom. The van der Waals surface area contributed by atoms with Crippen LogP contribution in [0.2, 0.25) is 0 Å². The number of hydrogen-bond acceptors (Lipinski definition) is 3. The molecule has 1 unspecified atom stereocenters. The van der Waals surface area contributed by atoms with Crippen molar-refractivity contribution in [2.75, 3.05) is 13.7 Å². The third-order valence-corrected chi connectivity index (χ3v) is 4.08. The molecule has 3 N–H and O–H groups in total. The van der Waals surface area contributed by atoms with Crippen molar-refractivity contribution in [3.8, 4) is 0 Å². The number of carbonyl (C=O) groups excluding carboxylic acids is 1. The summed E-state index contributed by atoms with van der Waals surface area (Å²) in [5, 5.41) is 2.91. The molecule has 0 heterocycles. The predicted octanol–water partition coefficient (Wildman–Crippen LogP) is 3.39. The Morgan fingerprint density at radius 3 is 2.33 bits per heavy atom. The molecule has 4 heteroatoms. The second-order valence-corrected chi connectivity index (χ2v) is 6.23. The standard InChI is InChI=1S/C20H26N2O2/c1-14(2)15-8-10-16(11-9-15)19(21)12-22-20(23)18-7-5-4-6-17(18)13-24-3/h4-11,14,19H,12-13,21H2,1-3H3,(H,22,23). The molecule has 0 bridgehead atoms. The van der Waals surface area contributed by atoms with Crippen molar-refractivity contribution in [3.63, 3.8) is 0 Å². The highest BCUT2D eigenvalue weighted by molar-refractivity contribution is 5.95. The number of ether oxygens (including phenoxy) is 1. The fourth-order valence-corrected chi connectivity index (χ4v) is 2.57. The normalized spacial score (nSPS) is 12.2. The van der Waals surface area contributed by atoms with Gasteiger partial charge >= 0.3 is 0 Å². The second-order valence-electron chi connectivity index (χ2n) is 6.23. The summed E-state index contributed by atoms with van der Waals surface area (Å²) in [5.74, 6) is 0.365. The first kappa shape index (κ1) is 18.2. The monoisotopic (exact) mass is 326 g/mol. The van der Waals surface area contributed by atoms with Gasteiger partial charge in [0.15, 0.2) is 0 Å². The number of hydrogen-bond donors (Lipinski definition) is 2. The quantitative estimate of drug-likeness (QED) is 0.820. The average molecular weight is 326 g/mol. The molecule has 0 radical (unpaired) electrons. The van der Waals surface area contributed by atoms with Crippen LogP contribution < -0.4 is 11.1 Å². The first-order valence-electron chi connectivity index (χ1n) is 8.23. The Bertz CT molecular complexity index is 666. The molecule has 0 aliphatic heterocycles. The van der Waals surface area contributed by atoms with Crippen LogP contribution in [0.3, 0.4) is 0 Å². The van der Waals surface area contributed by atoms with Crippen LogP contribution in [0.4, 0.5) is 0 Å². The molecule has 0 saturated carbocycles. The van der Waals surface area contributed by atoms with Crippen LogP contribution in [-0.4, -0.2) is 19.6 Å². The third kappa shape index (κ3) is 4.66. The summed E-state index contributed by atoms with van der Waals surface area (Å²) in [5.41, 5.74) is 10.00. The first-order valence-corrected chi connectivity index (χ1v) is 8.23. The van der Waals surface area contributed by atoms with E-state index in [4.69, 9.17) is 10.5 Å². The molecule has 0 aliphatic rings. The Morgan fingerprint density at radius 1 is 1.08 bits per heavy atom. The van der Waals surface area contributed by atoms with E-state index in [9.17, 15) is 4.79 Å². The number of benzene rings is 2. The van der Waals surface area contributed by atoms with Crippen LogP contribution in [-0.2, 0) is 11.3 Å². The minimum Gasteiger partial charge on any atom is -0.380 e. The number of methoxy groups -OCH3 is 1. The van der Waals surface area contributed by atoms with E-state index in [0.29, 0.717) is 24.6 Å². The van der Waals surface area contributed by atoms with Crippen molar-refractivity contribution in [1.82, 2.24) is 5.32 Å². The van der Waals surface area contributed by atoms with Crippen molar-refractivity contribution >= 4 is 5.91 Å². The van der Waals surface area contributed by atoms with Crippen LogP contribution >= 0.6 is 0 Å². The van der Waals surface area contributed by atoms with Gasteiger partial charge < -0.3 is 15.8 Å². The zero-order valence-electron chi connectivity index (χ0n) is 14.6. The Labute approximate surface area is 144 Å². The lowest BCUT2D eigenvalue weighted by atomic mass is 9.99. The van der Waals surface area contributed by atoms with Crippen LogP contribution in [0.5, 0.6) is 0 Å². The van der Waals surface area contributed by atoms with E-state index in [1.165, 1.54) is 5.56 Å². The first-order chi connectivity index (χ1) is 11.5. The smallest absolute Gasteiger partial charge is 0.251 e. The predicted molar refractivity (Wildman–Crippen MR) is 96.9 cm³/mol. The summed E-state index contributed by atoms with van der Waals surface area (Å²) in [4.78, 5) is 12.4. The molecule has 0 saturated heterocycles. The van der Waals surface area contributed by atoms with E-state index >= 15 is 0 Å². The molecule has 0 spiro atoms. The fourth-order valence-electron chi connectivity index (χ4n) is 2.57. The van der Waals surface area contributed by atoms with Gasteiger partial charge in [0.25, 0.3) is 5.91 Å². The summed E-state index contributed by atoms with van der Waals surface area (Å²) < 4.78 is 5.14. The van der Waals surface area contributed by atoms with E-state index in [0.717, 1.165) is 11.1 Å². The summed E-state index contributed by atoms with van der Waals surface area (Å²) in [6.45, 7) is 5.12. The minimum atomic E-state index is -0.232. The van der Waals surface area contributed by atoms with Crippen molar-refractivity contribution in [1.29, 1.82) is 0 Å². The van der Waals surface area contributed by atoms with Crippen molar-refractivity contribution in [3.05, 3.63) is 70.8 Å². The summed E-state index contributed by atoms with van der Waals surface area (Å²) >= 11 is 0. The SMILES string of the molecule is COCc1ccccc1C(=O)NCC(N)c1ccc(C(C)C)cc1. The zero-order valence-corrected chi connectivity index (χ0v) is 14.6. The number of nitrogens with one attached hydrogen (secondary N) is 1. The third-order valence-electron chi connectivity index (χ3n) is 4.08. The lowest BCUT2D eigenvalue weighted by molar-refractivity contribution is 0.0946. The molecule has 2 aromatic carbocycles. The molecule has 2 aromatic rings. The van der Waals surface area contributed by atoms with E-state index in [2.05, 4.69) is 31.3 Å². The van der Waals surface area contributed by atoms with Crippen molar-refractivity contribution < 1.29 is 9.53 Å². The maximum Gasteiger partial charge on any atom is 0.251 e. The van der Waals surface area contributed by atoms with Gasteiger partial charge in [-0.05, 0) is 28.7 Å². The molecule has 1 atom stereocenters. The summed E-state index contributed by atoms with van der Waals surface area (Å²) in [6, 6.07) is 15.5. The van der Waals surface area contributed by atoms with Crippen LogP contribution in [0.15, 0.2) is 48.5 Å². The van der Waals surface area contributed by atoms with E-state index in [1.54, 1.807) is 13.2 Å². The highest BCUT2D eigenvalue weighted by Gasteiger charge is 2.13. The van der Waals surface area contributed by atoms with Gasteiger partial charge in [-0.25, -0.2) is 0 Å². The maximum absolute atomic E-state index is 12.4. The molecule has 0 fully saturated rings. The van der Waals surface area contributed by atoms with Crippen molar-refractivity contribution in [2.24, 2.45) is 5.73 Å². The molecular weight excluding hydrogens is 300 g/mol. The second kappa shape index (κ2) is 8.62. The van der Waals surface area contributed by atoms with E-state index in [-0.39, 0.29) is 11.9 Å². The highest BCUT2D eigenvalue weighted by Crippen LogP contribution is 2.17. The molecule has 0 aromatic heterocycles. The molecule has 1 amide bonds. The lowest BCUT2D eigenvalue weighted by Crippen LogP contribution is -2.32. The molecule has 128 valence electrons. The van der Waals surface area contributed by atoms with E-state index < -0.39 is 0 Å². The molecule has 4 nitrogen and oxygen atoms in total. The van der Waals surface area contributed by atoms with Gasteiger partial charge in [-0.2, -0.15) is 0 Å². The number of carbonyl (C=O) groups is 1. The van der Waals surface area contributed by atoms with Gasteiger partial charge in [-0.15, -0.1) is 0 Å². The van der Waals surface area contributed by atoms with Gasteiger partial charge in [-0.3, -0.25) is 4.79 Å². The van der Waals surface area contributed by atoms with Crippen LogP contribution in [0.1, 0.15) is 52.9 Å². The number of rotatable bonds is 7. The molecular formula is C20H26N2O2. The Balaban J connectivity index is 1.98. The molecule has 0 aliphatic carbocycles. The molecule has 24 heavy (non-hydrogen) atoms. The topological polar surface area (TPSA) is 64.3 Å². The fraction of sp³-hybridized carbons (Fsp3) is 0.350. The Kier molecular flexibility index (Phi) is 6.53. The van der Waals surface area contributed by atoms with Gasteiger partial charge in [0.05, 0.1) is 6.61 Å². The number of nitrogens with two attached hydrogens (primary N) is 1. The average Bonchev–Trinajstić information content (AvgIpc) is 2.60. The minimum absolute atomic E-state index is 0.128. The maximum atomic E-state index is 12.4. The summed E-state index contributed by atoms with van der Waals surface area (Å²) in [7, 11) is 1.62. The van der Waals surface area contributed by atoms with Crippen LogP contribution in [0, 0.1) is 0 Å². The zero-order chi connectivity index (χ0) is 17.5. The van der Waals surface area contributed by atoms with Crippen LogP contribution in [0.25, 0.3) is 0 Å². The number of amides is 1. The highest BCUT2D eigenvalue weighted by atomic mass is 16.5. The van der Waals surface area contributed by atoms with Gasteiger partial charge in [-0.1, -0.05) is 56.3 Å². The summed E-state index contributed by atoms with van der Waals surface area (Å²) in [6.07, 6.45) is 0. The molecule has 2 rings (SSSR count). The van der Waals surface area contributed by atoms with Gasteiger partial charge in [0, 0.05) is 25.3 Å².